The third-order valence-electron chi connectivity index (χ3n) is 6.55. The van der Waals surface area contributed by atoms with Crippen LogP contribution in [0, 0.1) is 11.3 Å². The van der Waals surface area contributed by atoms with Gasteiger partial charge in [0.25, 0.3) is 0 Å². The highest BCUT2D eigenvalue weighted by molar-refractivity contribution is 6.06. The Morgan fingerprint density at radius 3 is 2.76 bits per heavy atom. The first-order valence-electron chi connectivity index (χ1n) is 11.6. The molecule has 0 amide bonds. The van der Waals surface area contributed by atoms with E-state index in [-0.39, 0.29) is 35.8 Å². The first-order valence-corrected chi connectivity index (χ1v) is 11.6. The molecule has 5 nitrogen and oxygen atoms in total. The smallest absolute Gasteiger partial charge is 0.161 e. The van der Waals surface area contributed by atoms with Crippen molar-refractivity contribution in [1.29, 1.82) is 5.41 Å². The zero-order valence-electron chi connectivity index (χ0n) is 18.7. The zero-order valence-corrected chi connectivity index (χ0v) is 18.7. The minimum atomic E-state index is -0.223. The van der Waals surface area contributed by atoms with Gasteiger partial charge in [-0.25, -0.2) is 0 Å². The number of hydrogen-bond donors (Lipinski definition) is 3. The van der Waals surface area contributed by atoms with E-state index in [0.29, 0.717) is 17.4 Å². The average Bonchev–Trinajstić information content (AvgIpc) is 3.06. The number of benzene rings is 2. The highest BCUT2D eigenvalue weighted by Gasteiger charge is 2.21. The second-order valence-corrected chi connectivity index (χ2v) is 8.95. The van der Waals surface area contributed by atoms with Gasteiger partial charge in [-0.3, -0.25) is 9.78 Å². The number of aromatic hydroxyl groups is 2. The molecule has 3 N–H and O–H groups in total. The number of rotatable bonds is 7. The summed E-state index contributed by atoms with van der Waals surface area (Å²) in [6.07, 6.45) is 11.0. The average molecular weight is 443 g/mol. The van der Waals surface area contributed by atoms with E-state index in [1.165, 1.54) is 22.5 Å². The summed E-state index contributed by atoms with van der Waals surface area (Å²) in [7, 11) is 0. The van der Waals surface area contributed by atoms with Crippen molar-refractivity contribution in [1.82, 2.24) is 4.98 Å². The van der Waals surface area contributed by atoms with E-state index in [2.05, 4.69) is 30.3 Å². The number of nitrogens with one attached hydrogen (secondary N) is 1. The summed E-state index contributed by atoms with van der Waals surface area (Å²) in [6.45, 7) is 0. The maximum absolute atomic E-state index is 12.4. The normalized spacial score (nSPS) is 18.9. The molecule has 1 aromatic heterocycles. The van der Waals surface area contributed by atoms with E-state index in [1.807, 2.05) is 12.3 Å². The van der Waals surface area contributed by atoms with Gasteiger partial charge in [0.2, 0.25) is 0 Å². The quantitative estimate of drug-likeness (QED) is 0.179. The third-order valence-corrected chi connectivity index (χ3v) is 6.55. The van der Waals surface area contributed by atoms with Crippen LogP contribution in [0.25, 0.3) is 10.8 Å². The Labute approximate surface area is 194 Å². The highest BCUT2D eigenvalue weighted by Crippen LogP contribution is 2.36. The number of pyridine rings is 1. The van der Waals surface area contributed by atoms with Crippen LogP contribution in [0.15, 0.2) is 66.9 Å². The van der Waals surface area contributed by atoms with Crippen LogP contribution in [0.4, 0.5) is 0 Å². The number of carbonyl (C=O) groups excluding carboxylic acids is 1. The summed E-state index contributed by atoms with van der Waals surface area (Å²) in [5.41, 5.74) is 1.86. The fourth-order valence-electron chi connectivity index (χ4n) is 4.79. The van der Waals surface area contributed by atoms with Gasteiger partial charge < -0.3 is 15.6 Å². The van der Waals surface area contributed by atoms with Gasteiger partial charge in [-0.2, -0.15) is 0 Å². The predicted octanol–water partition coefficient (Wildman–Crippen LogP) is 6.09. The fourth-order valence-corrected chi connectivity index (χ4v) is 4.79. The summed E-state index contributed by atoms with van der Waals surface area (Å²) in [5, 5.41) is 30.1. The number of para-hydroxylation sites is 1. The maximum Gasteiger partial charge on any atom is 0.161 e. The molecular weight excluding hydrogens is 412 g/mol. The molecule has 1 saturated carbocycles. The molecule has 2 atom stereocenters. The molecule has 0 saturated heterocycles. The Hall–Kier alpha value is -3.47. The number of phenolic OH excluding ortho intramolecular Hbond substituents is 2. The predicted molar refractivity (Wildman–Crippen MR) is 131 cm³/mol. The van der Waals surface area contributed by atoms with Gasteiger partial charge in [-0.15, -0.1) is 0 Å². The van der Waals surface area contributed by atoms with Crippen molar-refractivity contribution < 1.29 is 15.0 Å². The minimum absolute atomic E-state index is 0.0147. The van der Waals surface area contributed by atoms with Gasteiger partial charge in [0, 0.05) is 41.6 Å². The Kier molecular flexibility index (Phi) is 7.18. The summed E-state index contributed by atoms with van der Waals surface area (Å²) in [6, 6.07) is 15.1. The van der Waals surface area contributed by atoms with Crippen molar-refractivity contribution in [2.24, 2.45) is 5.92 Å². The number of hydrogen-bond acceptors (Lipinski definition) is 5. The molecular formula is C28H30N2O3. The van der Waals surface area contributed by atoms with Crippen molar-refractivity contribution in [3.8, 4) is 11.5 Å². The van der Waals surface area contributed by atoms with Crippen molar-refractivity contribution in [2.45, 2.75) is 50.9 Å². The zero-order chi connectivity index (χ0) is 23.2. The third kappa shape index (κ3) is 5.67. The first-order chi connectivity index (χ1) is 16.0. The lowest BCUT2D eigenvalue weighted by molar-refractivity contribution is -0.113. The molecule has 3 aromatic rings. The van der Waals surface area contributed by atoms with Crippen LogP contribution in [0.5, 0.6) is 11.5 Å². The molecule has 0 aliphatic heterocycles. The van der Waals surface area contributed by atoms with Crippen molar-refractivity contribution in [3.05, 3.63) is 78.1 Å². The number of allylic oxidation sites excluding steroid dienone is 2. The van der Waals surface area contributed by atoms with Gasteiger partial charge in [0.15, 0.2) is 17.3 Å². The first kappa shape index (κ1) is 22.7. The highest BCUT2D eigenvalue weighted by atomic mass is 16.3. The molecule has 170 valence electrons. The molecule has 33 heavy (non-hydrogen) atoms. The summed E-state index contributed by atoms with van der Waals surface area (Å²) in [5.74, 6) is 0.263. The van der Waals surface area contributed by atoms with E-state index in [9.17, 15) is 15.0 Å². The number of phenols is 2. The molecule has 1 aliphatic rings. The van der Waals surface area contributed by atoms with Gasteiger partial charge in [-0.1, -0.05) is 48.9 Å². The van der Waals surface area contributed by atoms with Crippen LogP contribution < -0.4 is 0 Å². The Morgan fingerprint density at radius 2 is 1.88 bits per heavy atom. The topological polar surface area (TPSA) is 94.3 Å². The van der Waals surface area contributed by atoms with Gasteiger partial charge in [0.05, 0.1) is 5.69 Å². The summed E-state index contributed by atoms with van der Waals surface area (Å²) < 4.78 is 0. The number of ketones is 1. The number of nitrogens with zero attached hydrogens (tertiary/aromatic N) is 1. The molecule has 0 spiro atoms. The summed E-state index contributed by atoms with van der Waals surface area (Å²) >= 11 is 0. The van der Waals surface area contributed by atoms with Gasteiger partial charge in [-0.05, 0) is 55.2 Å². The second-order valence-electron chi connectivity index (χ2n) is 8.95. The molecule has 0 radical (unpaired) electrons. The van der Waals surface area contributed by atoms with Crippen LogP contribution in [-0.4, -0.2) is 26.7 Å². The van der Waals surface area contributed by atoms with E-state index < -0.39 is 0 Å². The van der Waals surface area contributed by atoms with Crippen LogP contribution in [-0.2, 0) is 11.2 Å². The van der Waals surface area contributed by atoms with Crippen LogP contribution in [0.3, 0.4) is 0 Å². The Bertz CT molecular complexity index is 1180. The molecule has 5 heteroatoms. The lowest BCUT2D eigenvalue weighted by Crippen LogP contribution is -2.08. The van der Waals surface area contributed by atoms with Gasteiger partial charge in [0.1, 0.15) is 0 Å². The molecule has 2 aromatic carbocycles. The van der Waals surface area contributed by atoms with Gasteiger partial charge >= 0.3 is 0 Å². The van der Waals surface area contributed by atoms with Crippen LogP contribution >= 0.6 is 0 Å². The van der Waals surface area contributed by atoms with Crippen molar-refractivity contribution in [3.63, 3.8) is 0 Å². The number of carbonyl (C=O) groups is 1. The minimum Gasteiger partial charge on any atom is -0.504 e. The molecule has 1 heterocycles. The fraction of sp³-hybridized carbons (Fsp3) is 0.321. The molecule has 1 fully saturated rings. The maximum atomic E-state index is 12.4. The standard InChI is InChI=1S/C28H30N2O3/c29-23(17-22-8-4-10-26(32)28(22)33)18-24(31)14-12-19-5-3-7-21(13-11-19)27-25-9-2-1-6-20(25)15-16-30-27/h1-2,4,6,8-10,12,14-16,19,21,29,32-33H,3,5,7,11,13,17-18H2/b14-12+,29-23?/t19-,21?/m1/s1. The van der Waals surface area contributed by atoms with E-state index in [4.69, 9.17) is 10.4 Å². The van der Waals surface area contributed by atoms with Crippen LogP contribution in [0.1, 0.15) is 55.7 Å². The molecule has 1 unspecified atom stereocenters. The molecule has 0 bridgehead atoms. The second kappa shape index (κ2) is 10.4. The lowest BCUT2D eigenvalue weighted by Gasteiger charge is -2.16. The Morgan fingerprint density at radius 1 is 1.03 bits per heavy atom. The number of aromatic nitrogens is 1. The number of fused-ring (bicyclic) bond motifs is 1. The largest absolute Gasteiger partial charge is 0.504 e. The SMILES string of the molecule is N=C(CC(=O)/C=C/[C@@H]1CCCC(c2nccc3ccccc23)CC1)Cc1cccc(O)c1O. The van der Waals surface area contributed by atoms with E-state index >= 15 is 0 Å². The monoisotopic (exact) mass is 442 g/mol. The van der Waals surface area contributed by atoms with Crippen molar-refractivity contribution in [2.75, 3.05) is 0 Å². The van der Waals surface area contributed by atoms with E-state index in [1.54, 1.807) is 18.2 Å². The van der Waals surface area contributed by atoms with Crippen LogP contribution in [0.2, 0.25) is 0 Å². The van der Waals surface area contributed by atoms with Crippen molar-refractivity contribution >= 4 is 22.3 Å². The Balaban J connectivity index is 1.32. The molecule has 4 rings (SSSR count). The molecule has 1 aliphatic carbocycles. The van der Waals surface area contributed by atoms with E-state index in [0.717, 1.165) is 32.1 Å². The summed E-state index contributed by atoms with van der Waals surface area (Å²) in [4.78, 5) is 17.1. The lowest BCUT2D eigenvalue weighted by atomic mass is 9.92.